The molecule has 1 aromatic heterocycles. The molecule has 3 rings (SSSR count). The zero-order valence-corrected chi connectivity index (χ0v) is 12.6. The van der Waals surface area contributed by atoms with Crippen molar-refractivity contribution in [3.8, 4) is 6.07 Å². The summed E-state index contributed by atoms with van der Waals surface area (Å²) in [6, 6.07) is 16.2. The SMILES string of the molecule is CCc1ccc2c(c1)nc(CN)n2Cc1ccc(C#N)cc1. The van der Waals surface area contributed by atoms with Gasteiger partial charge in [0, 0.05) is 6.54 Å². The maximum Gasteiger partial charge on any atom is 0.123 e. The third-order valence-electron chi connectivity index (χ3n) is 3.91. The zero-order chi connectivity index (χ0) is 15.5. The maximum absolute atomic E-state index is 8.88. The molecule has 0 radical (unpaired) electrons. The Morgan fingerprint density at radius 2 is 1.86 bits per heavy atom. The van der Waals surface area contributed by atoms with E-state index in [0.29, 0.717) is 18.7 Å². The normalized spacial score (nSPS) is 10.8. The highest BCUT2D eigenvalue weighted by atomic mass is 15.1. The standard InChI is InChI=1S/C18H18N4/c1-2-13-7-8-17-16(9-13)21-18(11-20)22(17)12-15-5-3-14(10-19)4-6-15/h3-9H,2,11-12,20H2,1H3. The van der Waals surface area contributed by atoms with Crippen molar-refractivity contribution in [2.75, 3.05) is 0 Å². The zero-order valence-electron chi connectivity index (χ0n) is 12.6. The Bertz CT molecular complexity index is 838. The number of aryl methyl sites for hydroxylation is 1. The number of hydrogen-bond donors (Lipinski definition) is 1. The van der Waals surface area contributed by atoms with Crippen molar-refractivity contribution in [3.05, 3.63) is 65.0 Å². The molecule has 0 unspecified atom stereocenters. The lowest BCUT2D eigenvalue weighted by Gasteiger charge is -2.08. The fourth-order valence-corrected chi connectivity index (χ4v) is 2.64. The Balaban J connectivity index is 2.02. The van der Waals surface area contributed by atoms with Gasteiger partial charge in [0.15, 0.2) is 0 Å². The van der Waals surface area contributed by atoms with Gasteiger partial charge in [-0.15, -0.1) is 0 Å². The van der Waals surface area contributed by atoms with Gasteiger partial charge in [0.1, 0.15) is 5.82 Å². The first kappa shape index (κ1) is 14.3. The first-order valence-corrected chi connectivity index (χ1v) is 7.42. The first-order chi connectivity index (χ1) is 10.7. The van der Waals surface area contributed by atoms with Crippen LogP contribution in [0, 0.1) is 11.3 Å². The highest BCUT2D eigenvalue weighted by Crippen LogP contribution is 2.20. The molecule has 110 valence electrons. The topological polar surface area (TPSA) is 67.6 Å². The molecule has 0 spiro atoms. The van der Waals surface area contributed by atoms with E-state index < -0.39 is 0 Å². The van der Waals surface area contributed by atoms with Crippen LogP contribution in [-0.2, 0) is 19.5 Å². The van der Waals surface area contributed by atoms with Crippen molar-refractivity contribution < 1.29 is 0 Å². The second kappa shape index (κ2) is 6.00. The fraction of sp³-hybridized carbons (Fsp3) is 0.222. The highest BCUT2D eigenvalue weighted by Gasteiger charge is 2.10. The lowest BCUT2D eigenvalue weighted by atomic mass is 10.1. The molecule has 0 bridgehead atoms. The van der Waals surface area contributed by atoms with E-state index in [-0.39, 0.29) is 0 Å². The number of imidazole rings is 1. The molecule has 2 N–H and O–H groups in total. The predicted octanol–water partition coefficient (Wildman–Crippen LogP) is 2.98. The molecule has 0 aliphatic rings. The van der Waals surface area contributed by atoms with Crippen molar-refractivity contribution in [3.63, 3.8) is 0 Å². The molecule has 0 saturated carbocycles. The summed E-state index contributed by atoms with van der Waals surface area (Å²) in [4.78, 5) is 4.66. The Labute approximate surface area is 129 Å². The second-order valence-corrected chi connectivity index (χ2v) is 5.30. The number of nitrogens with zero attached hydrogens (tertiary/aromatic N) is 3. The summed E-state index contributed by atoms with van der Waals surface area (Å²) < 4.78 is 2.15. The number of nitriles is 1. The van der Waals surface area contributed by atoms with Gasteiger partial charge in [0.05, 0.1) is 29.2 Å². The summed E-state index contributed by atoms with van der Waals surface area (Å²) in [6.45, 7) is 3.26. The van der Waals surface area contributed by atoms with Crippen LogP contribution in [0.2, 0.25) is 0 Å². The van der Waals surface area contributed by atoms with Crippen LogP contribution < -0.4 is 5.73 Å². The molecule has 22 heavy (non-hydrogen) atoms. The molecule has 0 saturated heterocycles. The molecule has 0 amide bonds. The Kier molecular flexibility index (Phi) is 3.90. The lowest BCUT2D eigenvalue weighted by Crippen LogP contribution is -2.09. The van der Waals surface area contributed by atoms with Gasteiger partial charge >= 0.3 is 0 Å². The van der Waals surface area contributed by atoms with E-state index in [0.717, 1.165) is 28.8 Å². The van der Waals surface area contributed by atoms with Crippen molar-refractivity contribution in [1.82, 2.24) is 9.55 Å². The van der Waals surface area contributed by atoms with Crippen LogP contribution in [-0.4, -0.2) is 9.55 Å². The van der Waals surface area contributed by atoms with Crippen LogP contribution in [0.25, 0.3) is 11.0 Å². The van der Waals surface area contributed by atoms with Crippen molar-refractivity contribution in [2.45, 2.75) is 26.4 Å². The molecular weight excluding hydrogens is 272 g/mol. The average Bonchev–Trinajstić information content (AvgIpc) is 2.92. The van der Waals surface area contributed by atoms with Gasteiger partial charge in [-0.05, 0) is 41.8 Å². The molecule has 0 atom stereocenters. The van der Waals surface area contributed by atoms with Crippen molar-refractivity contribution >= 4 is 11.0 Å². The molecule has 0 aliphatic carbocycles. The third-order valence-corrected chi connectivity index (χ3v) is 3.91. The Hall–Kier alpha value is -2.64. The van der Waals surface area contributed by atoms with Crippen LogP contribution in [0.1, 0.15) is 29.4 Å². The molecule has 0 aliphatic heterocycles. The Morgan fingerprint density at radius 1 is 1.14 bits per heavy atom. The van der Waals surface area contributed by atoms with E-state index in [1.165, 1.54) is 5.56 Å². The number of benzene rings is 2. The average molecular weight is 290 g/mol. The van der Waals surface area contributed by atoms with Gasteiger partial charge in [-0.25, -0.2) is 4.98 Å². The fourth-order valence-electron chi connectivity index (χ4n) is 2.64. The van der Waals surface area contributed by atoms with E-state index in [1.54, 1.807) is 0 Å². The second-order valence-electron chi connectivity index (χ2n) is 5.30. The molecule has 3 aromatic rings. The van der Waals surface area contributed by atoms with Gasteiger partial charge in [-0.2, -0.15) is 5.26 Å². The quantitative estimate of drug-likeness (QED) is 0.803. The first-order valence-electron chi connectivity index (χ1n) is 7.42. The number of hydrogen-bond acceptors (Lipinski definition) is 3. The van der Waals surface area contributed by atoms with Gasteiger partial charge < -0.3 is 10.3 Å². The minimum absolute atomic E-state index is 0.409. The summed E-state index contributed by atoms with van der Waals surface area (Å²) >= 11 is 0. The summed E-state index contributed by atoms with van der Waals surface area (Å²) in [6.07, 6.45) is 0.996. The van der Waals surface area contributed by atoms with Crippen LogP contribution in [0.15, 0.2) is 42.5 Å². The van der Waals surface area contributed by atoms with E-state index >= 15 is 0 Å². The monoisotopic (exact) mass is 290 g/mol. The molecule has 4 nitrogen and oxygen atoms in total. The van der Waals surface area contributed by atoms with E-state index in [4.69, 9.17) is 11.0 Å². The number of fused-ring (bicyclic) bond motifs is 1. The van der Waals surface area contributed by atoms with Gasteiger partial charge in [-0.1, -0.05) is 25.1 Å². The van der Waals surface area contributed by atoms with Crippen molar-refractivity contribution in [1.29, 1.82) is 5.26 Å². The molecular formula is C18H18N4. The molecule has 0 fully saturated rings. The highest BCUT2D eigenvalue weighted by molar-refractivity contribution is 5.77. The number of aromatic nitrogens is 2. The smallest absolute Gasteiger partial charge is 0.123 e. The van der Waals surface area contributed by atoms with Gasteiger partial charge in [-0.3, -0.25) is 0 Å². The summed E-state index contributed by atoms with van der Waals surface area (Å²) in [7, 11) is 0. The minimum atomic E-state index is 0.409. The minimum Gasteiger partial charge on any atom is -0.324 e. The van der Waals surface area contributed by atoms with E-state index in [2.05, 4.69) is 40.7 Å². The van der Waals surface area contributed by atoms with Crippen LogP contribution in [0.3, 0.4) is 0 Å². The van der Waals surface area contributed by atoms with Gasteiger partial charge in [0.25, 0.3) is 0 Å². The van der Waals surface area contributed by atoms with Gasteiger partial charge in [0.2, 0.25) is 0 Å². The van der Waals surface area contributed by atoms with E-state index in [9.17, 15) is 0 Å². The maximum atomic E-state index is 8.88. The molecule has 4 heteroatoms. The number of rotatable bonds is 4. The predicted molar refractivity (Wildman–Crippen MR) is 87.3 cm³/mol. The van der Waals surface area contributed by atoms with Crippen LogP contribution >= 0.6 is 0 Å². The summed E-state index contributed by atoms with van der Waals surface area (Å²) in [5.74, 6) is 0.882. The molecule has 2 aromatic carbocycles. The Morgan fingerprint density at radius 3 is 2.50 bits per heavy atom. The van der Waals surface area contributed by atoms with E-state index in [1.807, 2.05) is 24.3 Å². The van der Waals surface area contributed by atoms with Crippen LogP contribution in [0.4, 0.5) is 0 Å². The lowest BCUT2D eigenvalue weighted by molar-refractivity contribution is 0.744. The summed E-state index contributed by atoms with van der Waals surface area (Å²) in [5, 5.41) is 8.88. The van der Waals surface area contributed by atoms with Crippen molar-refractivity contribution in [2.24, 2.45) is 5.73 Å². The molecule has 1 heterocycles. The third kappa shape index (κ3) is 2.59. The number of nitrogens with two attached hydrogens (primary N) is 1. The largest absolute Gasteiger partial charge is 0.324 e. The summed E-state index contributed by atoms with van der Waals surface area (Å²) in [5.41, 5.74) is 11.0. The van der Waals surface area contributed by atoms with Crippen LogP contribution in [0.5, 0.6) is 0 Å².